The zero-order valence-corrected chi connectivity index (χ0v) is 30.0. The van der Waals surface area contributed by atoms with Crippen LogP contribution in [0.4, 0.5) is 0 Å². The summed E-state index contributed by atoms with van der Waals surface area (Å²) in [7, 11) is 0. The van der Waals surface area contributed by atoms with Crippen LogP contribution in [0.15, 0.2) is 24.3 Å². The Hall–Kier alpha value is -1.13. The minimum atomic E-state index is -0.0393. The molecule has 0 heterocycles. The molecule has 0 atom stereocenters. The summed E-state index contributed by atoms with van der Waals surface area (Å²) in [6, 6.07) is 0. The number of hydrogen-bond acceptors (Lipinski definition) is 4. The highest BCUT2D eigenvalue weighted by Gasteiger charge is 2.02. The van der Waals surface area contributed by atoms with Crippen molar-refractivity contribution in [3.05, 3.63) is 24.3 Å². The Morgan fingerprint density at radius 2 is 0.795 bits per heavy atom. The van der Waals surface area contributed by atoms with Gasteiger partial charge in [0.2, 0.25) is 0 Å². The second-order valence-corrected chi connectivity index (χ2v) is 13.0. The number of carbonyl (C=O) groups excluding carboxylic acids is 1. The molecule has 0 spiro atoms. The van der Waals surface area contributed by atoms with Gasteiger partial charge in [0, 0.05) is 26.1 Å². The van der Waals surface area contributed by atoms with Crippen molar-refractivity contribution < 1.29 is 9.53 Å². The third-order valence-electron chi connectivity index (χ3n) is 8.53. The molecule has 0 saturated heterocycles. The Balaban J connectivity index is 3.20. The monoisotopic (exact) mass is 619 g/mol. The maximum absolute atomic E-state index is 11.9. The SMILES string of the molecule is CCCCCCCC/C=C\CCCCCCCCNCCNCCOC(=O)CCCCCCC/C=C\CCCCCCCC. The molecule has 0 amide bonds. The van der Waals surface area contributed by atoms with Crippen LogP contribution in [-0.2, 0) is 9.53 Å². The molecule has 0 aliphatic carbocycles. The van der Waals surface area contributed by atoms with Gasteiger partial charge in [-0.2, -0.15) is 0 Å². The number of ether oxygens (including phenoxy) is 1. The lowest BCUT2D eigenvalue weighted by molar-refractivity contribution is -0.143. The van der Waals surface area contributed by atoms with Gasteiger partial charge in [0.1, 0.15) is 6.61 Å². The maximum Gasteiger partial charge on any atom is 0.305 e. The Morgan fingerprint density at radius 3 is 1.25 bits per heavy atom. The summed E-state index contributed by atoms with van der Waals surface area (Å²) in [4.78, 5) is 11.9. The standard InChI is InChI=1S/C40H78N2O2/c1-3-5-7-9-11-13-15-17-19-21-23-25-27-29-31-33-35-41-36-37-42-38-39-44-40(43)34-32-30-28-26-24-22-20-18-16-14-12-10-8-6-4-2/h17-20,41-42H,3-16,21-39H2,1-2H3/b19-17-,20-18-. The highest BCUT2D eigenvalue weighted by Crippen LogP contribution is 2.11. The molecule has 0 aliphatic rings. The largest absolute Gasteiger partial charge is 0.464 e. The number of hydrogen-bond donors (Lipinski definition) is 2. The first-order chi connectivity index (χ1) is 21.8. The molecule has 260 valence electrons. The Morgan fingerprint density at radius 1 is 0.432 bits per heavy atom. The summed E-state index contributed by atoms with van der Waals surface area (Å²) in [6.45, 7) is 8.80. The topological polar surface area (TPSA) is 50.4 Å². The molecule has 0 aromatic rings. The van der Waals surface area contributed by atoms with Crippen molar-refractivity contribution >= 4 is 5.97 Å². The first-order valence-electron chi connectivity index (χ1n) is 19.7. The zero-order valence-electron chi connectivity index (χ0n) is 30.0. The number of allylic oxidation sites excluding steroid dienone is 4. The summed E-state index contributed by atoms with van der Waals surface area (Å²) < 4.78 is 5.37. The van der Waals surface area contributed by atoms with E-state index in [0.717, 1.165) is 39.0 Å². The van der Waals surface area contributed by atoms with Crippen molar-refractivity contribution in [3.8, 4) is 0 Å². The molecule has 0 unspecified atom stereocenters. The van der Waals surface area contributed by atoms with Crippen LogP contribution in [0.3, 0.4) is 0 Å². The van der Waals surface area contributed by atoms with Gasteiger partial charge < -0.3 is 15.4 Å². The van der Waals surface area contributed by atoms with Gasteiger partial charge in [-0.25, -0.2) is 0 Å². The molecule has 0 saturated carbocycles. The van der Waals surface area contributed by atoms with Gasteiger partial charge in [0.15, 0.2) is 0 Å². The lowest BCUT2D eigenvalue weighted by atomic mass is 10.1. The fraction of sp³-hybridized carbons (Fsp3) is 0.875. The van der Waals surface area contributed by atoms with Gasteiger partial charge in [-0.05, 0) is 70.8 Å². The van der Waals surface area contributed by atoms with Gasteiger partial charge in [0.05, 0.1) is 0 Å². The van der Waals surface area contributed by atoms with E-state index in [1.54, 1.807) is 0 Å². The highest BCUT2D eigenvalue weighted by atomic mass is 16.5. The van der Waals surface area contributed by atoms with E-state index in [4.69, 9.17) is 4.74 Å². The summed E-state index contributed by atoms with van der Waals surface area (Å²) in [5, 5.41) is 6.89. The summed E-state index contributed by atoms with van der Waals surface area (Å²) in [5.41, 5.74) is 0. The van der Waals surface area contributed by atoms with E-state index in [1.165, 1.54) is 161 Å². The fourth-order valence-electron chi connectivity index (χ4n) is 5.57. The van der Waals surface area contributed by atoms with E-state index < -0.39 is 0 Å². The minimum Gasteiger partial charge on any atom is -0.464 e. The van der Waals surface area contributed by atoms with Crippen LogP contribution in [0.5, 0.6) is 0 Å². The second kappa shape index (κ2) is 39.9. The van der Waals surface area contributed by atoms with Gasteiger partial charge >= 0.3 is 5.97 Å². The average Bonchev–Trinajstić information content (AvgIpc) is 3.03. The van der Waals surface area contributed by atoms with Crippen LogP contribution in [0, 0.1) is 0 Å². The summed E-state index contributed by atoms with van der Waals surface area (Å²) in [6.07, 6.45) is 45.7. The molecule has 0 aromatic carbocycles. The van der Waals surface area contributed by atoms with Crippen molar-refractivity contribution in [1.29, 1.82) is 0 Å². The molecule has 0 aromatic heterocycles. The van der Waals surface area contributed by atoms with Gasteiger partial charge in [-0.3, -0.25) is 4.79 Å². The molecular weight excluding hydrogens is 540 g/mol. The zero-order chi connectivity index (χ0) is 31.9. The Kier molecular flexibility index (Phi) is 38.9. The number of esters is 1. The average molecular weight is 619 g/mol. The lowest BCUT2D eigenvalue weighted by Crippen LogP contribution is -2.30. The first kappa shape index (κ1) is 42.9. The van der Waals surface area contributed by atoms with E-state index in [2.05, 4.69) is 48.8 Å². The molecule has 0 rings (SSSR count). The minimum absolute atomic E-state index is 0.0393. The van der Waals surface area contributed by atoms with Crippen LogP contribution >= 0.6 is 0 Å². The first-order valence-corrected chi connectivity index (χ1v) is 19.7. The lowest BCUT2D eigenvalue weighted by Gasteiger charge is -2.08. The van der Waals surface area contributed by atoms with Gasteiger partial charge in [-0.1, -0.05) is 147 Å². The van der Waals surface area contributed by atoms with Crippen LogP contribution in [0.1, 0.15) is 194 Å². The molecule has 0 radical (unpaired) electrons. The number of rotatable bonds is 37. The molecule has 2 N–H and O–H groups in total. The predicted molar refractivity (Wildman–Crippen MR) is 196 cm³/mol. The quantitative estimate of drug-likeness (QED) is 0.0413. The molecular formula is C40H78N2O2. The van der Waals surface area contributed by atoms with Gasteiger partial charge in [-0.15, -0.1) is 0 Å². The number of unbranched alkanes of at least 4 members (excludes halogenated alkanes) is 23. The Labute approximate surface area is 276 Å². The van der Waals surface area contributed by atoms with E-state index in [9.17, 15) is 4.79 Å². The van der Waals surface area contributed by atoms with Crippen molar-refractivity contribution in [2.24, 2.45) is 0 Å². The third kappa shape index (κ3) is 38.9. The smallest absolute Gasteiger partial charge is 0.305 e. The van der Waals surface area contributed by atoms with Crippen molar-refractivity contribution in [1.82, 2.24) is 10.6 Å². The Bertz CT molecular complexity index is 604. The van der Waals surface area contributed by atoms with Crippen LogP contribution in [0.2, 0.25) is 0 Å². The predicted octanol–water partition coefficient (Wildman–Crippen LogP) is 11.8. The number of nitrogens with one attached hydrogen (secondary N) is 2. The molecule has 0 bridgehead atoms. The van der Waals surface area contributed by atoms with Crippen LogP contribution in [0.25, 0.3) is 0 Å². The molecule has 0 fully saturated rings. The molecule has 4 nitrogen and oxygen atoms in total. The van der Waals surface area contributed by atoms with Crippen molar-refractivity contribution in [3.63, 3.8) is 0 Å². The normalized spacial score (nSPS) is 11.8. The summed E-state index contributed by atoms with van der Waals surface area (Å²) >= 11 is 0. The van der Waals surface area contributed by atoms with E-state index in [0.29, 0.717) is 13.0 Å². The van der Waals surface area contributed by atoms with Crippen molar-refractivity contribution in [2.45, 2.75) is 194 Å². The highest BCUT2D eigenvalue weighted by molar-refractivity contribution is 5.69. The summed E-state index contributed by atoms with van der Waals surface area (Å²) in [5.74, 6) is -0.0393. The maximum atomic E-state index is 11.9. The third-order valence-corrected chi connectivity index (χ3v) is 8.53. The molecule has 44 heavy (non-hydrogen) atoms. The molecule has 4 heteroatoms. The van der Waals surface area contributed by atoms with Crippen LogP contribution < -0.4 is 10.6 Å². The van der Waals surface area contributed by atoms with E-state index in [1.807, 2.05) is 0 Å². The van der Waals surface area contributed by atoms with Crippen molar-refractivity contribution in [2.75, 3.05) is 32.8 Å². The number of carbonyl (C=O) groups is 1. The fourth-order valence-corrected chi connectivity index (χ4v) is 5.57. The second-order valence-electron chi connectivity index (χ2n) is 13.0. The van der Waals surface area contributed by atoms with E-state index >= 15 is 0 Å². The van der Waals surface area contributed by atoms with E-state index in [-0.39, 0.29) is 5.97 Å². The molecule has 0 aliphatic heterocycles. The van der Waals surface area contributed by atoms with Crippen LogP contribution in [-0.4, -0.2) is 38.8 Å². The van der Waals surface area contributed by atoms with Gasteiger partial charge in [0.25, 0.3) is 0 Å².